The first kappa shape index (κ1) is 48.5. The van der Waals surface area contributed by atoms with E-state index in [0.717, 1.165) is 37.9 Å². The highest BCUT2D eigenvalue weighted by Crippen LogP contribution is 2.46. The van der Waals surface area contributed by atoms with Crippen LogP contribution in [0.5, 0.6) is 0 Å². The fourth-order valence-electron chi connectivity index (χ4n) is 6.98. The topological polar surface area (TPSA) is 193 Å². The Morgan fingerprint density at radius 1 is 0.932 bits per heavy atom. The molecule has 0 aromatic carbocycles. The number of hydrogen-bond donors (Lipinski definition) is 4. The fraction of sp³-hybridized carbons (Fsp3) is 0.683. The molecule has 0 bridgehead atoms. The number of alkyl halides is 3. The minimum Gasteiger partial charge on any atom is -0.387 e. The summed E-state index contributed by atoms with van der Waals surface area (Å²) in [4.78, 5) is 17.9. The smallest absolute Gasteiger partial charge is 0.387 e. The summed E-state index contributed by atoms with van der Waals surface area (Å²) in [6.45, 7) is 1.20. The molecule has 4 rings (SSSR count). The van der Waals surface area contributed by atoms with Crippen molar-refractivity contribution in [2.45, 2.75) is 152 Å². The molecule has 1 unspecified atom stereocenters. The van der Waals surface area contributed by atoms with Crippen molar-refractivity contribution < 1.29 is 56.1 Å². The number of aliphatic hydroxyl groups excluding tert-OH is 2. The van der Waals surface area contributed by atoms with Crippen molar-refractivity contribution in [3.05, 3.63) is 53.7 Å². The summed E-state index contributed by atoms with van der Waals surface area (Å²) in [5, 5.41) is 26.0. The van der Waals surface area contributed by atoms with Crippen LogP contribution in [-0.4, -0.2) is 85.5 Å². The van der Waals surface area contributed by atoms with Crippen LogP contribution in [0, 0.1) is 12.3 Å². The van der Waals surface area contributed by atoms with Crippen molar-refractivity contribution in [2.24, 2.45) is 0 Å². The molecular weight excluding hydrogens is 794 g/mol. The van der Waals surface area contributed by atoms with Gasteiger partial charge < -0.3 is 35.1 Å². The van der Waals surface area contributed by atoms with Crippen LogP contribution in [0.1, 0.15) is 127 Å². The van der Waals surface area contributed by atoms with Gasteiger partial charge in [-0.05, 0) is 30.2 Å². The Balaban J connectivity index is 1.20. The lowest BCUT2D eigenvalue weighted by Crippen LogP contribution is -2.41. The lowest BCUT2D eigenvalue weighted by Gasteiger charge is -2.26. The van der Waals surface area contributed by atoms with Crippen LogP contribution < -0.4 is 5.73 Å². The predicted octanol–water partition coefficient (Wildman–Crippen LogP) is 7.67. The number of nitrogens with zero attached hydrogens (tertiary/aromatic N) is 4. The number of anilines is 1. The summed E-state index contributed by atoms with van der Waals surface area (Å²) in [6.07, 6.45) is 17.6. The first-order valence-corrected chi connectivity index (χ1v) is 22.2. The van der Waals surface area contributed by atoms with Crippen molar-refractivity contribution in [1.82, 2.24) is 19.6 Å². The Morgan fingerprint density at radius 3 is 2.14 bits per heavy atom. The van der Waals surface area contributed by atoms with Gasteiger partial charge in [0.15, 0.2) is 11.4 Å². The highest BCUT2D eigenvalue weighted by Gasteiger charge is 2.56. The maximum atomic E-state index is 13.0. The van der Waals surface area contributed by atoms with E-state index in [1.54, 1.807) is 6.07 Å². The lowest BCUT2D eigenvalue weighted by atomic mass is 9.92. The van der Waals surface area contributed by atoms with E-state index < -0.39 is 62.9 Å². The van der Waals surface area contributed by atoms with Gasteiger partial charge in [0.25, 0.3) is 0 Å². The van der Waals surface area contributed by atoms with Crippen LogP contribution in [-0.2, 0) is 46.2 Å². The van der Waals surface area contributed by atoms with Crippen LogP contribution in [0.3, 0.4) is 0 Å². The molecule has 1 fully saturated rings. The Morgan fingerprint density at radius 2 is 1.56 bits per heavy atom. The maximum absolute atomic E-state index is 13.0. The van der Waals surface area contributed by atoms with E-state index in [0.29, 0.717) is 17.7 Å². The zero-order chi connectivity index (χ0) is 42.7. The molecule has 1 aliphatic rings. The van der Waals surface area contributed by atoms with Crippen LogP contribution in [0.15, 0.2) is 36.8 Å². The van der Waals surface area contributed by atoms with Crippen molar-refractivity contribution >= 4 is 19.2 Å². The second-order valence-electron chi connectivity index (χ2n) is 15.1. The quantitative estimate of drug-likeness (QED) is 0.0302. The molecule has 18 heteroatoms. The average Bonchev–Trinajstić information content (AvgIpc) is 3.76. The van der Waals surface area contributed by atoms with E-state index in [1.807, 2.05) is 0 Å². The van der Waals surface area contributed by atoms with Gasteiger partial charge in [0.05, 0.1) is 32.1 Å². The summed E-state index contributed by atoms with van der Waals surface area (Å²) in [5.41, 5.74) is 3.79. The number of unbranched alkanes of at least 4 members (excludes halogenated alkanes) is 15. The summed E-state index contributed by atoms with van der Waals surface area (Å²) >= 11 is 0. The van der Waals surface area contributed by atoms with Crippen molar-refractivity contribution in [3.63, 3.8) is 0 Å². The number of phosphoric acid groups is 1. The van der Waals surface area contributed by atoms with E-state index in [1.165, 1.54) is 100 Å². The predicted molar refractivity (Wildman–Crippen MR) is 215 cm³/mol. The minimum absolute atomic E-state index is 0.0481. The number of ether oxygens (including phenoxy) is 3. The first-order valence-electron chi connectivity index (χ1n) is 20.7. The third-order valence-electron chi connectivity index (χ3n) is 10.4. The molecule has 1 saturated heterocycles. The lowest BCUT2D eigenvalue weighted by molar-refractivity contribution is -0.141. The number of halogens is 3. The van der Waals surface area contributed by atoms with Gasteiger partial charge >= 0.3 is 14.0 Å². The van der Waals surface area contributed by atoms with E-state index in [2.05, 4.69) is 27.9 Å². The number of phosphoric ester groups is 1. The van der Waals surface area contributed by atoms with Crippen LogP contribution >= 0.6 is 7.82 Å². The molecule has 0 aliphatic carbocycles. The van der Waals surface area contributed by atoms with Crippen molar-refractivity contribution in [3.8, 4) is 12.3 Å². The van der Waals surface area contributed by atoms with Gasteiger partial charge in [0.2, 0.25) is 0 Å². The third kappa shape index (κ3) is 15.1. The molecule has 0 radical (unpaired) electrons. The molecule has 6 atom stereocenters. The summed E-state index contributed by atoms with van der Waals surface area (Å²) < 4.78 is 81.2. The molecule has 0 amide bonds. The van der Waals surface area contributed by atoms with E-state index in [-0.39, 0.29) is 24.7 Å². The number of terminal acetylenes is 1. The molecule has 59 heavy (non-hydrogen) atoms. The van der Waals surface area contributed by atoms with Gasteiger partial charge in [-0.25, -0.2) is 14.1 Å². The number of aromatic nitrogens is 4. The number of pyridine rings is 1. The second-order valence-corrected chi connectivity index (χ2v) is 16.5. The molecular formula is C41H61F3N5O9P. The number of nitrogen functional groups attached to an aromatic ring is 1. The van der Waals surface area contributed by atoms with Gasteiger partial charge in [-0.3, -0.25) is 14.0 Å². The van der Waals surface area contributed by atoms with Gasteiger partial charge in [-0.1, -0.05) is 115 Å². The first-order chi connectivity index (χ1) is 28.3. The second kappa shape index (κ2) is 24.3. The van der Waals surface area contributed by atoms with Crippen LogP contribution in [0.2, 0.25) is 0 Å². The standard InChI is InChI=1S/C41H61F3N5O9P/c1-3-5-6-7-8-9-10-11-12-13-14-15-16-17-18-19-24-54-27-32(55-26-31-20-22-35(46-25-31)41(42,43)44)28-56-59(52,53)57-29-34-37(50)38(51)40(4-2,58-34)36-23-21-33-39(45)47-30-48-49(33)36/h2,20-23,25,30,32,34,37-38,50-51H,3,5-19,24,26-29H2,1H3,(H,52,53)(H2,45,47,48)/t32-,34-,37-,38-,40+/m1/s1. The summed E-state index contributed by atoms with van der Waals surface area (Å²) in [6, 6.07) is 5.12. The molecule has 14 nitrogen and oxygen atoms in total. The highest BCUT2D eigenvalue weighted by molar-refractivity contribution is 7.47. The fourth-order valence-corrected chi connectivity index (χ4v) is 7.74. The van der Waals surface area contributed by atoms with Crippen molar-refractivity contribution in [2.75, 3.05) is 32.2 Å². The van der Waals surface area contributed by atoms with Crippen LogP contribution in [0.4, 0.5) is 19.0 Å². The SMILES string of the molecule is C#C[C@@]1(c2ccc3c(N)ncnn23)O[C@H](COP(=O)(O)OC[C@@H](COCCCCCCCCCCCCCCCCCC)OCc2ccc(C(F)(F)F)nc2)[C@@H](O)[C@H]1O. The highest BCUT2D eigenvalue weighted by atomic mass is 31.2. The molecule has 0 saturated carbocycles. The average molecular weight is 856 g/mol. The molecule has 3 aromatic heterocycles. The van der Waals surface area contributed by atoms with Crippen LogP contribution in [0.25, 0.3) is 5.52 Å². The number of hydrogen-bond acceptors (Lipinski definition) is 12. The monoisotopic (exact) mass is 855 g/mol. The maximum Gasteiger partial charge on any atom is 0.472 e. The Labute approximate surface area is 345 Å². The van der Waals surface area contributed by atoms with Gasteiger partial charge in [0.1, 0.15) is 42.0 Å². The summed E-state index contributed by atoms with van der Waals surface area (Å²) in [5.74, 6) is 2.50. The zero-order valence-corrected chi connectivity index (χ0v) is 34.8. The van der Waals surface area contributed by atoms with Gasteiger partial charge in [0, 0.05) is 12.8 Å². The molecule has 1 aliphatic heterocycles. The Hall–Kier alpha value is -3.17. The van der Waals surface area contributed by atoms with E-state index in [9.17, 15) is 32.8 Å². The molecule has 0 spiro atoms. The number of aliphatic hydroxyl groups is 2. The number of fused-ring (bicyclic) bond motifs is 1. The Bertz CT molecular complexity index is 1760. The largest absolute Gasteiger partial charge is 0.472 e. The zero-order valence-electron chi connectivity index (χ0n) is 33.9. The van der Waals surface area contributed by atoms with E-state index in [4.69, 9.17) is 35.4 Å². The number of nitrogens with two attached hydrogens (primary N) is 1. The molecule has 330 valence electrons. The minimum atomic E-state index is -4.84. The normalized spacial score (nSPS) is 21.2. The van der Waals surface area contributed by atoms with Crippen molar-refractivity contribution in [1.29, 1.82) is 0 Å². The molecule has 4 heterocycles. The summed E-state index contributed by atoms with van der Waals surface area (Å²) in [7, 11) is -4.84. The number of rotatable bonds is 29. The Kier molecular flexibility index (Phi) is 20.0. The molecule has 5 N–H and O–H groups in total. The third-order valence-corrected chi connectivity index (χ3v) is 11.4. The van der Waals surface area contributed by atoms with E-state index >= 15 is 0 Å². The van der Waals surface area contributed by atoms with Gasteiger partial charge in [-0.2, -0.15) is 18.3 Å². The van der Waals surface area contributed by atoms with Gasteiger partial charge in [-0.15, -0.1) is 6.42 Å². The molecule has 3 aromatic rings.